The van der Waals surface area contributed by atoms with E-state index in [9.17, 15) is 4.79 Å². The number of thiazole rings is 1. The zero-order chi connectivity index (χ0) is 14.8. The first-order chi connectivity index (χ1) is 10.1. The van der Waals surface area contributed by atoms with Gasteiger partial charge in [-0.2, -0.15) is 5.10 Å². The van der Waals surface area contributed by atoms with E-state index >= 15 is 0 Å². The number of amides is 1. The summed E-state index contributed by atoms with van der Waals surface area (Å²) in [6, 6.07) is 1.87. The summed E-state index contributed by atoms with van der Waals surface area (Å²) in [4.78, 5) is 16.3. The first kappa shape index (κ1) is 13.4. The molecule has 0 spiro atoms. The number of nitrogens with zero attached hydrogens (tertiary/aromatic N) is 5. The van der Waals surface area contributed by atoms with Crippen LogP contribution in [0, 0.1) is 6.92 Å². The fourth-order valence-corrected chi connectivity index (χ4v) is 2.52. The summed E-state index contributed by atoms with van der Waals surface area (Å²) in [5.74, 6) is -0.209. The number of anilines is 1. The Kier molecular flexibility index (Phi) is 3.48. The van der Waals surface area contributed by atoms with Crippen LogP contribution >= 0.6 is 11.3 Å². The number of nitrogens with one attached hydrogen (secondary N) is 1. The van der Waals surface area contributed by atoms with Crippen molar-refractivity contribution in [2.75, 3.05) is 5.32 Å². The summed E-state index contributed by atoms with van der Waals surface area (Å²) in [5.41, 5.74) is 2.80. The number of aromatic nitrogens is 5. The van der Waals surface area contributed by atoms with Gasteiger partial charge in [0.15, 0.2) is 5.13 Å². The van der Waals surface area contributed by atoms with Gasteiger partial charge in [0.25, 0.3) is 0 Å². The van der Waals surface area contributed by atoms with Gasteiger partial charge in [-0.15, -0.1) is 11.3 Å². The molecule has 0 saturated heterocycles. The quantitative estimate of drug-likeness (QED) is 0.782. The van der Waals surface area contributed by atoms with Gasteiger partial charge in [0, 0.05) is 18.6 Å². The highest BCUT2D eigenvalue weighted by Crippen LogP contribution is 2.24. The molecule has 1 amide bonds. The predicted molar refractivity (Wildman–Crippen MR) is 75.7 cm³/mol. The van der Waals surface area contributed by atoms with Crippen molar-refractivity contribution in [1.29, 1.82) is 0 Å². The molecular weight excluding hydrogens is 292 g/mol. The van der Waals surface area contributed by atoms with E-state index in [0.717, 1.165) is 11.4 Å². The van der Waals surface area contributed by atoms with Crippen molar-refractivity contribution in [2.24, 2.45) is 7.05 Å². The maximum atomic E-state index is 11.9. The van der Waals surface area contributed by atoms with Gasteiger partial charge in [-0.25, -0.2) is 9.61 Å². The minimum atomic E-state index is -0.209. The topological polar surface area (TPSA) is 98.7 Å². The van der Waals surface area contributed by atoms with Crippen LogP contribution in [-0.2, 0) is 18.3 Å². The molecule has 3 aromatic rings. The zero-order valence-electron chi connectivity index (χ0n) is 11.4. The smallest absolute Gasteiger partial charge is 0.232 e. The highest BCUT2D eigenvalue weighted by molar-refractivity contribution is 7.14. The fourth-order valence-electron chi connectivity index (χ4n) is 1.80. The van der Waals surface area contributed by atoms with Gasteiger partial charge in [-0.3, -0.25) is 9.48 Å². The molecule has 21 heavy (non-hydrogen) atoms. The Balaban J connectivity index is 1.69. The zero-order valence-corrected chi connectivity index (χ0v) is 12.2. The van der Waals surface area contributed by atoms with E-state index in [1.54, 1.807) is 17.8 Å². The molecule has 0 radical (unpaired) electrons. The van der Waals surface area contributed by atoms with Crippen molar-refractivity contribution >= 4 is 22.4 Å². The molecule has 0 aliphatic carbocycles. The average Bonchev–Trinajstić information content (AvgIpc) is 3.13. The molecule has 0 atom stereocenters. The lowest BCUT2D eigenvalue weighted by atomic mass is 10.2. The fraction of sp³-hybridized carbons (Fsp3) is 0.250. The third-order valence-electron chi connectivity index (χ3n) is 2.91. The molecule has 1 N–H and O–H groups in total. The lowest BCUT2D eigenvalue weighted by Crippen LogP contribution is -2.15. The molecule has 3 rings (SSSR count). The van der Waals surface area contributed by atoms with E-state index in [0.29, 0.717) is 16.5 Å². The molecule has 0 unspecified atom stereocenters. The third kappa shape index (κ3) is 2.82. The molecule has 0 aliphatic heterocycles. The van der Waals surface area contributed by atoms with Gasteiger partial charge in [0.1, 0.15) is 17.1 Å². The molecular formula is C12H12N6O2S. The number of aryl methyl sites for hydroxylation is 2. The van der Waals surface area contributed by atoms with E-state index < -0.39 is 0 Å². The molecule has 9 heteroatoms. The SMILES string of the molecule is Cc1nonc1CC(=O)Nc1nc(-c2ccnn2C)cs1. The van der Waals surface area contributed by atoms with Crippen molar-refractivity contribution in [3.8, 4) is 11.4 Å². The summed E-state index contributed by atoms with van der Waals surface area (Å²) < 4.78 is 6.29. The molecule has 0 aliphatic rings. The van der Waals surface area contributed by atoms with Crippen LogP contribution in [-0.4, -0.2) is 31.0 Å². The van der Waals surface area contributed by atoms with Crippen LogP contribution in [0.5, 0.6) is 0 Å². The predicted octanol–water partition coefficient (Wildman–Crippen LogP) is 1.42. The van der Waals surface area contributed by atoms with E-state index in [1.165, 1.54) is 11.3 Å². The second-order valence-corrected chi connectivity index (χ2v) is 5.26. The number of hydrogen-bond donors (Lipinski definition) is 1. The van der Waals surface area contributed by atoms with Crippen LogP contribution in [0.15, 0.2) is 22.3 Å². The first-order valence-electron chi connectivity index (χ1n) is 6.15. The van der Waals surface area contributed by atoms with Crippen molar-refractivity contribution < 1.29 is 9.42 Å². The van der Waals surface area contributed by atoms with Gasteiger partial charge < -0.3 is 5.32 Å². The van der Waals surface area contributed by atoms with E-state index in [1.807, 2.05) is 18.5 Å². The van der Waals surface area contributed by atoms with E-state index in [-0.39, 0.29) is 12.3 Å². The number of hydrogen-bond acceptors (Lipinski definition) is 7. The Morgan fingerprint density at radius 1 is 1.48 bits per heavy atom. The highest BCUT2D eigenvalue weighted by atomic mass is 32.1. The van der Waals surface area contributed by atoms with Crippen LogP contribution in [0.25, 0.3) is 11.4 Å². The summed E-state index contributed by atoms with van der Waals surface area (Å²) in [7, 11) is 1.84. The van der Waals surface area contributed by atoms with Crippen molar-refractivity contribution in [1.82, 2.24) is 25.1 Å². The monoisotopic (exact) mass is 304 g/mol. The van der Waals surface area contributed by atoms with Gasteiger partial charge in [-0.1, -0.05) is 10.3 Å². The van der Waals surface area contributed by atoms with Gasteiger partial charge in [0.2, 0.25) is 5.91 Å². The molecule has 3 aromatic heterocycles. The van der Waals surface area contributed by atoms with Crippen LogP contribution in [0.2, 0.25) is 0 Å². The van der Waals surface area contributed by atoms with E-state index in [4.69, 9.17) is 0 Å². The number of carbonyl (C=O) groups is 1. The minimum Gasteiger partial charge on any atom is -0.302 e. The largest absolute Gasteiger partial charge is 0.302 e. The van der Waals surface area contributed by atoms with Crippen molar-refractivity contribution in [3.05, 3.63) is 29.0 Å². The van der Waals surface area contributed by atoms with E-state index in [2.05, 4.69) is 30.3 Å². The molecule has 0 aromatic carbocycles. The standard InChI is InChI=1S/C12H12N6O2S/c1-7-8(17-20-16-7)5-11(19)15-12-14-9(6-21-12)10-3-4-13-18(10)2/h3-4,6H,5H2,1-2H3,(H,14,15,19). The maximum Gasteiger partial charge on any atom is 0.232 e. The Hall–Kier alpha value is -2.55. The third-order valence-corrected chi connectivity index (χ3v) is 3.67. The second kappa shape index (κ2) is 5.44. The second-order valence-electron chi connectivity index (χ2n) is 4.40. The number of rotatable bonds is 4. The lowest BCUT2D eigenvalue weighted by molar-refractivity contribution is -0.115. The normalized spacial score (nSPS) is 10.8. The van der Waals surface area contributed by atoms with Crippen molar-refractivity contribution in [2.45, 2.75) is 13.3 Å². The average molecular weight is 304 g/mol. The van der Waals surface area contributed by atoms with Gasteiger partial charge >= 0.3 is 0 Å². The molecule has 0 bridgehead atoms. The summed E-state index contributed by atoms with van der Waals surface area (Å²) >= 11 is 1.36. The van der Waals surface area contributed by atoms with Crippen LogP contribution in [0.4, 0.5) is 5.13 Å². The van der Waals surface area contributed by atoms with Crippen LogP contribution in [0.1, 0.15) is 11.4 Å². The molecule has 3 heterocycles. The lowest BCUT2D eigenvalue weighted by Gasteiger charge is -1.99. The highest BCUT2D eigenvalue weighted by Gasteiger charge is 2.13. The summed E-state index contributed by atoms with van der Waals surface area (Å²) in [5, 5.41) is 16.5. The molecule has 0 fully saturated rings. The molecule has 8 nitrogen and oxygen atoms in total. The minimum absolute atomic E-state index is 0.107. The van der Waals surface area contributed by atoms with Crippen molar-refractivity contribution in [3.63, 3.8) is 0 Å². The van der Waals surface area contributed by atoms with Gasteiger partial charge in [0.05, 0.1) is 12.1 Å². The van der Waals surface area contributed by atoms with Crippen LogP contribution < -0.4 is 5.32 Å². The molecule has 0 saturated carbocycles. The Labute approximate surface area is 123 Å². The Bertz CT molecular complexity index is 774. The Morgan fingerprint density at radius 2 is 2.33 bits per heavy atom. The number of carbonyl (C=O) groups excluding carboxylic acids is 1. The molecule has 108 valence electrons. The maximum absolute atomic E-state index is 11.9. The first-order valence-corrected chi connectivity index (χ1v) is 7.03. The Morgan fingerprint density at radius 3 is 3.00 bits per heavy atom. The summed E-state index contributed by atoms with van der Waals surface area (Å²) in [6.07, 6.45) is 1.81. The van der Waals surface area contributed by atoms with Gasteiger partial charge in [-0.05, 0) is 13.0 Å². The van der Waals surface area contributed by atoms with Crippen LogP contribution in [0.3, 0.4) is 0 Å². The summed E-state index contributed by atoms with van der Waals surface area (Å²) in [6.45, 7) is 1.74.